The number of rotatable bonds is 4. The molecule has 2 heterocycles. The van der Waals surface area contributed by atoms with E-state index in [4.69, 9.17) is 22.3 Å². The predicted molar refractivity (Wildman–Crippen MR) is 149 cm³/mol. The van der Waals surface area contributed by atoms with E-state index < -0.39 is 6.03 Å². The molecule has 1 aliphatic heterocycles. The molecule has 1 saturated heterocycles. The Morgan fingerprint density at radius 2 is 1.81 bits per heavy atom. The first-order chi connectivity index (χ1) is 17.9. The number of aromatic nitrogens is 1. The van der Waals surface area contributed by atoms with E-state index in [1.807, 2.05) is 12.3 Å². The van der Waals surface area contributed by atoms with E-state index in [0.29, 0.717) is 18.3 Å². The lowest BCUT2D eigenvalue weighted by Gasteiger charge is -2.37. The van der Waals surface area contributed by atoms with Gasteiger partial charge in [-0.15, -0.1) is 0 Å². The maximum absolute atomic E-state index is 13.2. The Morgan fingerprint density at radius 3 is 2.54 bits per heavy atom. The number of nitrogens with two attached hydrogens (primary N) is 1. The molecule has 3 N–H and O–H groups in total. The van der Waals surface area contributed by atoms with Crippen LogP contribution in [0, 0.1) is 11.8 Å². The van der Waals surface area contributed by atoms with Crippen LogP contribution in [0.25, 0.3) is 0 Å². The van der Waals surface area contributed by atoms with Crippen molar-refractivity contribution >= 4 is 45.2 Å². The number of aryl methyl sites for hydroxylation is 2. The molecule has 1 saturated carbocycles. The summed E-state index contributed by atoms with van der Waals surface area (Å²) in [6.07, 6.45) is 9.78. The van der Waals surface area contributed by atoms with E-state index in [-0.39, 0.29) is 11.8 Å². The molecule has 2 fully saturated rings. The normalized spacial score (nSPS) is 22.0. The van der Waals surface area contributed by atoms with Crippen molar-refractivity contribution in [3.8, 4) is 0 Å². The number of likely N-dealkylation sites (tertiary alicyclic amines) is 1. The molecule has 196 valence electrons. The third-order valence-electron chi connectivity index (χ3n) is 8.20. The van der Waals surface area contributed by atoms with Gasteiger partial charge in [-0.25, -0.2) is 10.2 Å². The van der Waals surface area contributed by atoms with Crippen LogP contribution in [0.5, 0.6) is 0 Å². The molecule has 37 heavy (non-hydrogen) atoms. The summed E-state index contributed by atoms with van der Waals surface area (Å²) >= 11 is 9.98. The number of nitrogens with one attached hydrogen (secondary N) is 1. The van der Waals surface area contributed by atoms with Crippen molar-refractivity contribution in [2.45, 2.75) is 63.7 Å². The van der Waals surface area contributed by atoms with Crippen LogP contribution in [0.4, 0.5) is 4.79 Å². The van der Waals surface area contributed by atoms with Gasteiger partial charge in [-0.2, -0.15) is 5.10 Å². The minimum Gasteiger partial charge on any atom is -0.350 e. The van der Waals surface area contributed by atoms with Crippen molar-refractivity contribution in [2.24, 2.45) is 22.7 Å². The highest BCUT2D eigenvalue weighted by Gasteiger charge is 2.35. The Bertz CT molecular complexity index is 1150. The molecule has 2 aliphatic carbocycles. The molecule has 0 bridgehead atoms. The molecule has 1 aromatic heterocycles. The molecule has 1 unspecified atom stereocenters. The van der Waals surface area contributed by atoms with E-state index >= 15 is 0 Å². The van der Waals surface area contributed by atoms with Gasteiger partial charge in [0, 0.05) is 46.8 Å². The molecular weight excluding hydrogens is 554 g/mol. The summed E-state index contributed by atoms with van der Waals surface area (Å²) in [6.45, 7) is 1.58. The van der Waals surface area contributed by atoms with Gasteiger partial charge in [0.05, 0.1) is 5.69 Å². The molecule has 7 nitrogen and oxygen atoms in total. The number of hydrogen-bond acceptors (Lipinski definition) is 4. The first-order valence-electron chi connectivity index (χ1n) is 13.2. The van der Waals surface area contributed by atoms with Gasteiger partial charge in [-0.3, -0.25) is 9.78 Å². The quantitative estimate of drug-likeness (QED) is 0.458. The Labute approximate surface area is 231 Å². The van der Waals surface area contributed by atoms with E-state index in [0.717, 1.165) is 79.7 Å². The number of piperidine rings is 1. The number of halogens is 2. The summed E-state index contributed by atoms with van der Waals surface area (Å²) in [6, 6.07) is 7.88. The average molecular weight is 587 g/mol. The van der Waals surface area contributed by atoms with E-state index in [1.54, 1.807) is 0 Å². The summed E-state index contributed by atoms with van der Waals surface area (Å²) in [5.41, 5.74) is 13.5. The van der Waals surface area contributed by atoms with Crippen molar-refractivity contribution in [1.82, 2.24) is 15.3 Å². The topological polar surface area (TPSA) is 101 Å². The number of amides is 3. The smallest absolute Gasteiger partial charge is 0.332 e. The van der Waals surface area contributed by atoms with Crippen molar-refractivity contribution in [1.29, 1.82) is 0 Å². The van der Waals surface area contributed by atoms with Crippen LogP contribution in [0.15, 0.2) is 40.0 Å². The Hall–Kier alpha value is -2.45. The Balaban J connectivity index is 1.23. The van der Waals surface area contributed by atoms with Crippen LogP contribution < -0.4 is 11.2 Å². The third-order valence-corrected chi connectivity index (χ3v) is 8.87. The Morgan fingerprint density at radius 1 is 1.08 bits per heavy atom. The van der Waals surface area contributed by atoms with Crippen LogP contribution in [0.2, 0.25) is 5.02 Å². The number of carbonyl (C=O) groups excluding carboxylic acids is 2. The fourth-order valence-corrected chi connectivity index (χ4v) is 6.85. The second-order valence-electron chi connectivity index (χ2n) is 10.5. The zero-order chi connectivity index (χ0) is 25.9. The second kappa shape index (κ2) is 11.5. The summed E-state index contributed by atoms with van der Waals surface area (Å²) in [4.78, 5) is 31.0. The number of benzene rings is 1. The van der Waals surface area contributed by atoms with Crippen molar-refractivity contribution in [2.75, 3.05) is 13.1 Å². The maximum Gasteiger partial charge on any atom is 0.332 e. The second-order valence-corrected chi connectivity index (χ2v) is 11.9. The average Bonchev–Trinajstić information content (AvgIpc) is 3.04. The monoisotopic (exact) mass is 585 g/mol. The number of hydrazone groups is 1. The number of urea groups is 1. The number of carbonyl (C=O) groups is 2. The first-order valence-corrected chi connectivity index (χ1v) is 14.4. The molecular formula is C28H33BrClN5O2. The van der Waals surface area contributed by atoms with Crippen LogP contribution >= 0.6 is 27.5 Å². The first kappa shape index (κ1) is 26.2. The minimum absolute atomic E-state index is 0.222. The largest absolute Gasteiger partial charge is 0.350 e. The van der Waals surface area contributed by atoms with Crippen LogP contribution in [-0.4, -0.2) is 40.6 Å². The lowest BCUT2D eigenvalue weighted by molar-refractivity contribution is -0.133. The zero-order valence-corrected chi connectivity index (χ0v) is 23.2. The van der Waals surface area contributed by atoms with Gasteiger partial charge in [0.2, 0.25) is 5.91 Å². The van der Waals surface area contributed by atoms with Crippen molar-refractivity contribution in [3.05, 3.63) is 62.3 Å². The maximum atomic E-state index is 13.2. The third kappa shape index (κ3) is 6.17. The van der Waals surface area contributed by atoms with Crippen LogP contribution in [-0.2, 0) is 17.6 Å². The minimum atomic E-state index is -0.642. The fourth-order valence-electron chi connectivity index (χ4n) is 6.28. The highest BCUT2D eigenvalue weighted by molar-refractivity contribution is 9.10. The molecule has 3 aliphatic rings. The number of fused-ring (bicyclic) bond motifs is 2. The molecule has 2 aromatic rings. The van der Waals surface area contributed by atoms with Gasteiger partial charge in [0.1, 0.15) is 0 Å². The molecule has 3 amide bonds. The van der Waals surface area contributed by atoms with Gasteiger partial charge in [-0.1, -0.05) is 17.7 Å². The summed E-state index contributed by atoms with van der Waals surface area (Å²) in [7, 11) is 0. The fraction of sp³-hybridized carbons (Fsp3) is 0.500. The van der Waals surface area contributed by atoms with Gasteiger partial charge in [0.25, 0.3) is 0 Å². The van der Waals surface area contributed by atoms with Crippen molar-refractivity contribution in [3.63, 3.8) is 0 Å². The van der Waals surface area contributed by atoms with Crippen molar-refractivity contribution < 1.29 is 9.59 Å². The molecule has 1 atom stereocenters. The number of nitrogens with zero attached hydrogens (tertiary/aromatic N) is 3. The summed E-state index contributed by atoms with van der Waals surface area (Å²) < 4.78 is 1.01. The van der Waals surface area contributed by atoms with E-state index in [1.165, 1.54) is 22.4 Å². The predicted octanol–water partition coefficient (Wildman–Crippen LogP) is 5.57. The summed E-state index contributed by atoms with van der Waals surface area (Å²) in [5.74, 6) is 1.28. The zero-order valence-electron chi connectivity index (χ0n) is 20.9. The number of primary amides is 1. The van der Waals surface area contributed by atoms with E-state index in [9.17, 15) is 9.59 Å². The molecule has 0 radical (unpaired) electrons. The number of pyridine rings is 1. The highest BCUT2D eigenvalue weighted by Crippen LogP contribution is 2.43. The lowest BCUT2D eigenvalue weighted by atomic mass is 9.76. The SMILES string of the molecule is NC(=O)NN=C1CCC(CC(=O)N2CCC(C3c4ccc(Cl)cc4CCc4cc(Br)cnc43)CC2)CC1. The summed E-state index contributed by atoms with van der Waals surface area (Å²) in [5, 5.41) is 4.85. The lowest BCUT2D eigenvalue weighted by Crippen LogP contribution is -2.41. The standard InChI is InChI=1S/C28H33BrClN5O2/c29-21-14-20-4-3-19-15-22(30)5-8-24(19)26(27(20)32-16-21)18-9-11-35(12-10-18)25(36)13-17-1-6-23(7-2-17)33-34-28(31)37/h5,8,14-18,26H,1-4,6-7,9-13H2,(H3,31,34,37). The van der Waals surface area contributed by atoms with Gasteiger partial charge in [-0.05, 0) is 114 Å². The Kier molecular flexibility index (Phi) is 8.15. The van der Waals surface area contributed by atoms with Gasteiger partial charge < -0.3 is 10.6 Å². The van der Waals surface area contributed by atoms with Gasteiger partial charge >= 0.3 is 6.03 Å². The van der Waals surface area contributed by atoms with E-state index in [2.05, 4.69) is 49.6 Å². The van der Waals surface area contributed by atoms with Crippen LogP contribution in [0.3, 0.4) is 0 Å². The molecule has 0 spiro atoms. The number of hydrogen-bond donors (Lipinski definition) is 2. The molecule has 9 heteroatoms. The molecule has 1 aromatic carbocycles. The molecule has 5 rings (SSSR count). The van der Waals surface area contributed by atoms with Crippen LogP contribution in [0.1, 0.15) is 73.2 Å². The van der Waals surface area contributed by atoms with Gasteiger partial charge in [0.15, 0.2) is 0 Å². The highest BCUT2D eigenvalue weighted by atomic mass is 79.9.